The van der Waals surface area contributed by atoms with Crippen molar-refractivity contribution in [3.63, 3.8) is 0 Å². The molecule has 0 radical (unpaired) electrons. The van der Waals surface area contributed by atoms with Crippen LogP contribution in [0.15, 0.2) is 0 Å². The van der Waals surface area contributed by atoms with Crippen LogP contribution in [0.25, 0.3) is 0 Å². The molecule has 1 amide bonds. The lowest BCUT2D eigenvalue weighted by Gasteiger charge is -2.30. The smallest absolute Gasteiger partial charge is 0.236 e. The predicted molar refractivity (Wildman–Crippen MR) is 66.3 cm³/mol. The minimum atomic E-state index is -0.0663. The van der Waals surface area contributed by atoms with E-state index in [1.165, 1.54) is 0 Å². The molecule has 4 heteroatoms. The van der Waals surface area contributed by atoms with Gasteiger partial charge in [0.25, 0.3) is 0 Å². The topological polar surface area (TPSA) is 29.5 Å². The lowest BCUT2D eigenvalue weighted by Crippen LogP contribution is -2.44. The van der Waals surface area contributed by atoms with Crippen molar-refractivity contribution in [1.29, 1.82) is 0 Å². The lowest BCUT2D eigenvalue weighted by molar-refractivity contribution is -0.133. The number of carbonyl (C=O) groups excluding carboxylic acids is 1. The summed E-state index contributed by atoms with van der Waals surface area (Å²) < 4.78 is 5.02. The van der Waals surface area contributed by atoms with Gasteiger partial charge in [-0.05, 0) is 19.8 Å². The van der Waals surface area contributed by atoms with Crippen LogP contribution in [0.2, 0.25) is 0 Å². The van der Waals surface area contributed by atoms with Gasteiger partial charge < -0.3 is 9.64 Å². The van der Waals surface area contributed by atoms with Crippen molar-refractivity contribution in [2.45, 2.75) is 44.5 Å². The summed E-state index contributed by atoms with van der Waals surface area (Å²) in [7, 11) is 1.66. The Morgan fingerprint density at radius 3 is 2.40 bits per heavy atom. The fraction of sp³-hybridized carbons (Fsp3) is 0.909. The molecule has 0 fully saturated rings. The number of methoxy groups -OCH3 is 1. The number of hydrogen-bond donors (Lipinski definition) is 0. The van der Waals surface area contributed by atoms with Gasteiger partial charge in [-0.25, -0.2) is 0 Å². The fourth-order valence-corrected chi connectivity index (χ4v) is 1.58. The second kappa shape index (κ2) is 8.11. The van der Waals surface area contributed by atoms with E-state index in [0.717, 1.165) is 12.8 Å². The zero-order valence-electron chi connectivity index (χ0n) is 10.1. The van der Waals surface area contributed by atoms with Gasteiger partial charge in [0, 0.05) is 19.7 Å². The van der Waals surface area contributed by atoms with Crippen LogP contribution >= 0.6 is 15.9 Å². The van der Waals surface area contributed by atoms with Gasteiger partial charge in [-0.2, -0.15) is 0 Å². The first-order chi connectivity index (χ1) is 7.08. The van der Waals surface area contributed by atoms with Crippen molar-refractivity contribution < 1.29 is 9.53 Å². The van der Waals surface area contributed by atoms with Crippen molar-refractivity contribution in [3.8, 4) is 0 Å². The molecular formula is C11H22BrNO2. The average Bonchev–Trinajstić information content (AvgIpc) is 2.27. The third-order valence-corrected chi connectivity index (χ3v) is 3.61. The van der Waals surface area contributed by atoms with Crippen LogP contribution in [0.4, 0.5) is 0 Å². The number of rotatable bonds is 7. The minimum Gasteiger partial charge on any atom is -0.383 e. The highest BCUT2D eigenvalue weighted by molar-refractivity contribution is 9.10. The molecule has 0 spiro atoms. The predicted octanol–water partition coefficient (Wildman–Crippen LogP) is 2.43. The second-order valence-electron chi connectivity index (χ2n) is 3.66. The molecule has 0 aromatic heterocycles. The molecular weight excluding hydrogens is 258 g/mol. The summed E-state index contributed by atoms with van der Waals surface area (Å²) in [5.41, 5.74) is 0. The van der Waals surface area contributed by atoms with Gasteiger partial charge >= 0.3 is 0 Å². The van der Waals surface area contributed by atoms with E-state index in [9.17, 15) is 4.79 Å². The zero-order valence-corrected chi connectivity index (χ0v) is 11.7. The summed E-state index contributed by atoms with van der Waals surface area (Å²) >= 11 is 3.40. The first kappa shape index (κ1) is 14.9. The van der Waals surface area contributed by atoms with E-state index in [0.29, 0.717) is 13.2 Å². The molecule has 0 saturated heterocycles. The van der Waals surface area contributed by atoms with Gasteiger partial charge in [0.05, 0.1) is 11.4 Å². The summed E-state index contributed by atoms with van der Waals surface area (Å²) in [5.74, 6) is 0.170. The zero-order chi connectivity index (χ0) is 11.8. The molecule has 0 aromatic carbocycles. The normalized spacial score (nSPS) is 14.7. The van der Waals surface area contributed by atoms with Crippen molar-refractivity contribution in [1.82, 2.24) is 4.90 Å². The number of alkyl halides is 1. The van der Waals surface area contributed by atoms with Crippen LogP contribution in [0, 0.1) is 0 Å². The summed E-state index contributed by atoms with van der Waals surface area (Å²) in [5, 5.41) is 0. The SMILES string of the molecule is CCC(Br)C(=O)N(CCOC)C(C)CC. The van der Waals surface area contributed by atoms with E-state index in [-0.39, 0.29) is 16.8 Å². The van der Waals surface area contributed by atoms with Crippen LogP contribution in [-0.4, -0.2) is 41.9 Å². The lowest BCUT2D eigenvalue weighted by atomic mass is 10.2. The minimum absolute atomic E-state index is 0.0663. The maximum Gasteiger partial charge on any atom is 0.236 e. The Kier molecular flexibility index (Phi) is 8.06. The van der Waals surface area contributed by atoms with Crippen molar-refractivity contribution in [2.75, 3.05) is 20.3 Å². The maximum absolute atomic E-state index is 12.0. The number of halogens is 1. The van der Waals surface area contributed by atoms with Crippen LogP contribution in [0.5, 0.6) is 0 Å². The third-order valence-electron chi connectivity index (χ3n) is 2.57. The molecule has 0 bridgehead atoms. The summed E-state index contributed by atoms with van der Waals surface area (Å²) in [6.07, 6.45) is 1.79. The highest BCUT2D eigenvalue weighted by Crippen LogP contribution is 2.13. The molecule has 0 aliphatic rings. The molecule has 0 aliphatic carbocycles. The summed E-state index contributed by atoms with van der Waals surface area (Å²) in [6, 6.07) is 0.277. The monoisotopic (exact) mass is 279 g/mol. The Labute approximate surface area is 101 Å². The highest BCUT2D eigenvalue weighted by atomic mass is 79.9. The van der Waals surface area contributed by atoms with Crippen LogP contribution in [0.1, 0.15) is 33.6 Å². The Morgan fingerprint density at radius 2 is 2.00 bits per heavy atom. The van der Waals surface area contributed by atoms with E-state index >= 15 is 0 Å². The summed E-state index contributed by atoms with van der Waals surface area (Å²) in [4.78, 5) is 13.8. The maximum atomic E-state index is 12.0. The van der Waals surface area contributed by atoms with E-state index in [1.54, 1.807) is 7.11 Å². The quantitative estimate of drug-likeness (QED) is 0.670. The number of amides is 1. The molecule has 2 unspecified atom stereocenters. The number of hydrogen-bond acceptors (Lipinski definition) is 2. The van der Waals surface area contributed by atoms with Gasteiger partial charge in [-0.3, -0.25) is 4.79 Å². The molecule has 15 heavy (non-hydrogen) atoms. The number of nitrogens with zero attached hydrogens (tertiary/aromatic N) is 1. The van der Waals surface area contributed by atoms with Crippen LogP contribution in [-0.2, 0) is 9.53 Å². The van der Waals surface area contributed by atoms with Crippen LogP contribution < -0.4 is 0 Å². The molecule has 0 rings (SSSR count). The average molecular weight is 280 g/mol. The second-order valence-corrected chi connectivity index (χ2v) is 4.76. The van der Waals surface area contributed by atoms with Gasteiger partial charge in [0.1, 0.15) is 0 Å². The van der Waals surface area contributed by atoms with Crippen molar-refractivity contribution in [2.24, 2.45) is 0 Å². The largest absolute Gasteiger partial charge is 0.383 e. The Bertz CT molecular complexity index is 187. The Hall–Kier alpha value is -0.0900. The first-order valence-electron chi connectivity index (χ1n) is 5.51. The first-order valence-corrected chi connectivity index (χ1v) is 6.43. The molecule has 0 aliphatic heterocycles. The Balaban J connectivity index is 4.39. The molecule has 90 valence electrons. The van der Waals surface area contributed by atoms with Crippen LogP contribution in [0.3, 0.4) is 0 Å². The van der Waals surface area contributed by atoms with E-state index in [4.69, 9.17) is 4.74 Å². The Morgan fingerprint density at radius 1 is 1.40 bits per heavy atom. The van der Waals surface area contributed by atoms with E-state index in [1.807, 2.05) is 11.8 Å². The van der Waals surface area contributed by atoms with Gasteiger partial charge in [0.2, 0.25) is 5.91 Å². The molecule has 2 atom stereocenters. The number of carbonyl (C=O) groups is 1. The molecule has 0 N–H and O–H groups in total. The summed E-state index contributed by atoms with van der Waals surface area (Å²) in [6.45, 7) is 7.43. The molecule has 3 nitrogen and oxygen atoms in total. The van der Waals surface area contributed by atoms with Crippen molar-refractivity contribution in [3.05, 3.63) is 0 Å². The molecule has 0 heterocycles. The van der Waals surface area contributed by atoms with Gasteiger partial charge in [-0.15, -0.1) is 0 Å². The van der Waals surface area contributed by atoms with E-state index < -0.39 is 0 Å². The standard InChI is InChI=1S/C11H22BrNO2/c1-5-9(3)13(7-8-15-4)11(14)10(12)6-2/h9-10H,5-8H2,1-4H3. The van der Waals surface area contributed by atoms with Gasteiger partial charge in [0.15, 0.2) is 0 Å². The molecule has 0 saturated carbocycles. The van der Waals surface area contributed by atoms with Gasteiger partial charge in [-0.1, -0.05) is 29.8 Å². The number of ether oxygens (including phenoxy) is 1. The fourth-order valence-electron chi connectivity index (χ4n) is 1.31. The highest BCUT2D eigenvalue weighted by Gasteiger charge is 2.23. The third kappa shape index (κ3) is 4.98. The molecule has 0 aromatic rings. The van der Waals surface area contributed by atoms with Crippen molar-refractivity contribution >= 4 is 21.8 Å². The van der Waals surface area contributed by atoms with E-state index in [2.05, 4.69) is 29.8 Å².